The standard InChI is InChI=1S/C23H24O2/c24-21(18-11-5-2-6-12-18)16-23-20(17-9-3-1-4-10-17)15-19-13-7-8-14-22(19)25-23/h1,3-4,7-10,13-15,18,23H,2,5-6,11-12,16H2. The Kier molecular flexibility index (Phi) is 4.69. The van der Waals surface area contributed by atoms with E-state index in [1.165, 1.54) is 19.3 Å². The molecule has 2 aliphatic rings. The van der Waals surface area contributed by atoms with Crippen molar-refractivity contribution in [3.63, 3.8) is 0 Å². The van der Waals surface area contributed by atoms with E-state index < -0.39 is 0 Å². The number of para-hydroxylation sites is 1. The van der Waals surface area contributed by atoms with Crippen LogP contribution >= 0.6 is 0 Å². The summed E-state index contributed by atoms with van der Waals surface area (Å²) in [5, 5.41) is 0. The molecule has 2 heteroatoms. The van der Waals surface area contributed by atoms with Crippen LogP contribution in [0.2, 0.25) is 0 Å². The van der Waals surface area contributed by atoms with Crippen LogP contribution in [-0.4, -0.2) is 11.9 Å². The molecule has 1 saturated carbocycles. The monoisotopic (exact) mass is 332 g/mol. The summed E-state index contributed by atoms with van der Waals surface area (Å²) in [7, 11) is 0. The first-order valence-electron chi connectivity index (χ1n) is 9.36. The van der Waals surface area contributed by atoms with Crippen LogP contribution < -0.4 is 4.74 Å². The van der Waals surface area contributed by atoms with Crippen molar-refractivity contribution < 1.29 is 9.53 Å². The van der Waals surface area contributed by atoms with Gasteiger partial charge in [0.05, 0.1) is 0 Å². The molecule has 0 N–H and O–H groups in total. The Morgan fingerprint density at radius 1 is 0.920 bits per heavy atom. The molecule has 0 amide bonds. The highest BCUT2D eigenvalue weighted by Gasteiger charge is 2.29. The van der Waals surface area contributed by atoms with Crippen LogP contribution in [0, 0.1) is 5.92 Å². The van der Waals surface area contributed by atoms with Gasteiger partial charge in [-0.3, -0.25) is 4.79 Å². The summed E-state index contributed by atoms with van der Waals surface area (Å²) in [4.78, 5) is 12.8. The van der Waals surface area contributed by atoms with Crippen molar-refractivity contribution in [2.45, 2.75) is 44.6 Å². The number of hydrogen-bond donors (Lipinski definition) is 0. The van der Waals surface area contributed by atoms with Crippen molar-refractivity contribution in [1.82, 2.24) is 0 Å². The predicted molar refractivity (Wildman–Crippen MR) is 101 cm³/mol. The highest BCUT2D eigenvalue weighted by atomic mass is 16.5. The van der Waals surface area contributed by atoms with Gasteiger partial charge in [-0.2, -0.15) is 0 Å². The molecule has 2 aromatic rings. The number of ether oxygens (including phenoxy) is 1. The summed E-state index contributed by atoms with van der Waals surface area (Å²) >= 11 is 0. The molecule has 2 nitrogen and oxygen atoms in total. The van der Waals surface area contributed by atoms with E-state index in [0.717, 1.165) is 35.3 Å². The van der Waals surface area contributed by atoms with E-state index >= 15 is 0 Å². The molecular formula is C23H24O2. The lowest BCUT2D eigenvalue weighted by Gasteiger charge is -2.29. The zero-order valence-electron chi connectivity index (χ0n) is 14.5. The Bertz CT molecular complexity index is 770. The number of carbonyl (C=O) groups excluding carboxylic acids is 1. The van der Waals surface area contributed by atoms with Crippen LogP contribution in [0.15, 0.2) is 54.6 Å². The van der Waals surface area contributed by atoms with Crippen molar-refractivity contribution in [2.24, 2.45) is 5.92 Å². The van der Waals surface area contributed by atoms with E-state index in [0.29, 0.717) is 12.2 Å². The molecule has 1 fully saturated rings. The molecule has 2 aromatic carbocycles. The molecule has 1 atom stereocenters. The molecule has 0 saturated heterocycles. The van der Waals surface area contributed by atoms with Crippen molar-refractivity contribution in [1.29, 1.82) is 0 Å². The van der Waals surface area contributed by atoms with Gasteiger partial charge < -0.3 is 4.74 Å². The van der Waals surface area contributed by atoms with Gasteiger partial charge in [-0.1, -0.05) is 67.8 Å². The maximum absolute atomic E-state index is 12.8. The number of Topliss-reactive ketones (excluding diaryl/α,β-unsaturated/α-hetero) is 1. The van der Waals surface area contributed by atoms with Crippen molar-refractivity contribution in [2.75, 3.05) is 0 Å². The number of carbonyl (C=O) groups is 1. The Morgan fingerprint density at radius 2 is 1.64 bits per heavy atom. The zero-order valence-corrected chi connectivity index (χ0v) is 14.5. The quantitative estimate of drug-likeness (QED) is 0.736. The molecule has 1 aliphatic carbocycles. The number of rotatable bonds is 4. The summed E-state index contributed by atoms with van der Waals surface area (Å²) in [5.74, 6) is 1.47. The van der Waals surface area contributed by atoms with Crippen LogP contribution in [0.5, 0.6) is 5.75 Å². The molecular weight excluding hydrogens is 308 g/mol. The smallest absolute Gasteiger partial charge is 0.140 e. The van der Waals surface area contributed by atoms with E-state index in [1.807, 2.05) is 36.4 Å². The number of ketones is 1. The first kappa shape index (κ1) is 16.1. The molecule has 128 valence electrons. The van der Waals surface area contributed by atoms with Gasteiger partial charge in [0.15, 0.2) is 0 Å². The second-order valence-corrected chi connectivity index (χ2v) is 7.12. The van der Waals surface area contributed by atoms with Crippen molar-refractivity contribution >= 4 is 17.4 Å². The van der Waals surface area contributed by atoms with Gasteiger partial charge in [-0.05, 0) is 30.5 Å². The number of hydrogen-bond acceptors (Lipinski definition) is 2. The van der Waals surface area contributed by atoms with Gasteiger partial charge in [-0.15, -0.1) is 0 Å². The molecule has 0 aromatic heterocycles. The number of fused-ring (bicyclic) bond motifs is 1. The SMILES string of the molecule is O=C(CC1Oc2ccccc2C=C1c1ccccc1)C1CCCCC1. The van der Waals surface area contributed by atoms with Crippen molar-refractivity contribution in [3.05, 3.63) is 65.7 Å². The van der Waals surface area contributed by atoms with Crippen LogP contribution in [-0.2, 0) is 4.79 Å². The van der Waals surface area contributed by atoms with Crippen LogP contribution in [0.25, 0.3) is 11.6 Å². The maximum atomic E-state index is 12.8. The zero-order chi connectivity index (χ0) is 17.1. The average Bonchev–Trinajstić information content (AvgIpc) is 2.69. The molecule has 1 unspecified atom stereocenters. The minimum Gasteiger partial charge on any atom is -0.485 e. The topological polar surface area (TPSA) is 26.3 Å². The average molecular weight is 332 g/mol. The Hall–Kier alpha value is -2.35. The summed E-state index contributed by atoms with van der Waals surface area (Å²) in [6.07, 6.45) is 8.21. The predicted octanol–water partition coefficient (Wildman–Crippen LogP) is 5.53. The van der Waals surface area contributed by atoms with Gasteiger partial charge in [0, 0.05) is 23.5 Å². The highest BCUT2D eigenvalue weighted by molar-refractivity contribution is 5.91. The fourth-order valence-corrected chi connectivity index (χ4v) is 4.01. The van der Waals surface area contributed by atoms with E-state index in [1.54, 1.807) is 0 Å². The van der Waals surface area contributed by atoms with E-state index in [9.17, 15) is 4.79 Å². The fourth-order valence-electron chi connectivity index (χ4n) is 4.01. The van der Waals surface area contributed by atoms with Gasteiger partial charge in [0.1, 0.15) is 17.6 Å². The molecule has 1 aliphatic heterocycles. The lowest BCUT2D eigenvalue weighted by molar-refractivity contribution is -0.124. The minimum atomic E-state index is -0.188. The summed E-state index contributed by atoms with van der Waals surface area (Å²) in [6, 6.07) is 18.4. The summed E-state index contributed by atoms with van der Waals surface area (Å²) in [6.45, 7) is 0. The van der Waals surface area contributed by atoms with Crippen LogP contribution in [0.1, 0.15) is 49.7 Å². The van der Waals surface area contributed by atoms with Gasteiger partial charge >= 0.3 is 0 Å². The summed E-state index contributed by atoms with van der Waals surface area (Å²) in [5.41, 5.74) is 3.34. The minimum absolute atomic E-state index is 0.188. The number of benzene rings is 2. The first-order chi connectivity index (χ1) is 12.3. The molecule has 0 bridgehead atoms. The van der Waals surface area contributed by atoms with Crippen LogP contribution in [0.4, 0.5) is 0 Å². The lowest BCUT2D eigenvalue weighted by Crippen LogP contribution is -2.29. The molecule has 0 spiro atoms. The van der Waals surface area contributed by atoms with Crippen LogP contribution in [0.3, 0.4) is 0 Å². The molecule has 25 heavy (non-hydrogen) atoms. The molecule has 1 heterocycles. The molecule has 4 rings (SSSR count). The van der Waals surface area contributed by atoms with E-state index in [-0.39, 0.29) is 12.0 Å². The van der Waals surface area contributed by atoms with Gasteiger partial charge in [0.2, 0.25) is 0 Å². The first-order valence-corrected chi connectivity index (χ1v) is 9.36. The summed E-state index contributed by atoms with van der Waals surface area (Å²) < 4.78 is 6.27. The largest absolute Gasteiger partial charge is 0.485 e. The Labute approximate surface area is 149 Å². The second-order valence-electron chi connectivity index (χ2n) is 7.12. The normalized spacial score (nSPS) is 20.3. The van der Waals surface area contributed by atoms with Crippen molar-refractivity contribution in [3.8, 4) is 5.75 Å². The highest BCUT2D eigenvalue weighted by Crippen LogP contribution is 2.36. The second kappa shape index (κ2) is 7.26. The van der Waals surface area contributed by atoms with Gasteiger partial charge in [-0.25, -0.2) is 0 Å². The Balaban J connectivity index is 1.62. The third-order valence-electron chi connectivity index (χ3n) is 5.40. The van der Waals surface area contributed by atoms with Gasteiger partial charge in [0.25, 0.3) is 0 Å². The Morgan fingerprint density at radius 3 is 2.44 bits per heavy atom. The molecule has 0 radical (unpaired) electrons. The lowest BCUT2D eigenvalue weighted by atomic mass is 9.82. The third-order valence-corrected chi connectivity index (χ3v) is 5.40. The maximum Gasteiger partial charge on any atom is 0.140 e. The van der Waals surface area contributed by atoms with E-state index in [2.05, 4.69) is 24.3 Å². The fraction of sp³-hybridized carbons (Fsp3) is 0.348. The van der Waals surface area contributed by atoms with E-state index in [4.69, 9.17) is 4.74 Å². The third kappa shape index (κ3) is 3.53.